The maximum absolute atomic E-state index is 12.9. The molecular formula is C20H21N3O2S. The van der Waals surface area contributed by atoms with Gasteiger partial charge in [-0.25, -0.2) is 13.4 Å². The van der Waals surface area contributed by atoms with Crippen molar-refractivity contribution in [2.24, 2.45) is 0 Å². The van der Waals surface area contributed by atoms with Gasteiger partial charge in [-0.05, 0) is 61.2 Å². The Labute approximate surface area is 153 Å². The number of pyridine rings is 1. The van der Waals surface area contributed by atoms with Crippen LogP contribution >= 0.6 is 0 Å². The SMILES string of the molecule is Cc1ccc(S(=O)(=O)N2CC=C(c3c[nH]c4ncccc34)CC2)cc1C. The Hall–Kier alpha value is -2.44. The molecule has 0 fully saturated rings. The molecule has 3 heterocycles. The van der Waals surface area contributed by atoms with Gasteiger partial charge in [-0.15, -0.1) is 0 Å². The standard InChI is InChI=1S/C20H21N3O2S/c1-14-5-6-17(12-15(14)2)26(24,25)23-10-7-16(8-11-23)19-13-22-20-18(19)4-3-9-21-20/h3-7,9,12-13H,8,10-11H2,1-2H3,(H,21,22). The Morgan fingerprint density at radius 1 is 1.15 bits per heavy atom. The van der Waals surface area contributed by atoms with Crippen LogP contribution in [0.25, 0.3) is 16.6 Å². The minimum atomic E-state index is -3.47. The van der Waals surface area contributed by atoms with Gasteiger partial charge < -0.3 is 4.98 Å². The molecule has 2 aromatic heterocycles. The summed E-state index contributed by atoms with van der Waals surface area (Å²) in [4.78, 5) is 7.87. The molecule has 134 valence electrons. The van der Waals surface area contributed by atoms with Crippen molar-refractivity contribution in [3.63, 3.8) is 0 Å². The van der Waals surface area contributed by atoms with Crippen LogP contribution in [0.1, 0.15) is 23.1 Å². The van der Waals surface area contributed by atoms with Gasteiger partial charge in [0.15, 0.2) is 0 Å². The van der Waals surface area contributed by atoms with E-state index in [0.717, 1.165) is 33.3 Å². The summed E-state index contributed by atoms with van der Waals surface area (Å²) < 4.78 is 27.4. The summed E-state index contributed by atoms with van der Waals surface area (Å²) in [5.41, 5.74) is 5.21. The highest BCUT2D eigenvalue weighted by Crippen LogP contribution is 2.30. The maximum Gasteiger partial charge on any atom is 0.243 e. The van der Waals surface area contributed by atoms with Gasteiger partial charge in [-0.3, -0.25) is 0 Å². The predicted molar refractivity (Wildman–Crippen MR) is 103 cm³/mol. The van der Waals surface area contributed by atoms with Crippen LogP contribution in [0.5, 0.6) is 0 Å². The van der Waals surface area contributed by atoms with Gasteiger partial charge in [0.25, 0.3) is 0 Å². The predicted octanol–water partition coefficient (Wildman–Crippen LogP) is 3.66. The van der Waals surface area contributed by atoms with Crippen LogP contribution in [0.3, 0.4) is 0 Å². The highest BCUT2D eigenvalue weighted by Gasteiger charge is 2.27. The Kier molecular flexibility index (Phi) is 4.17. The van der Waals surface area contributed by atoms with Gasteiger partial charge in [0.1, 0.15) is 5.65 Å². The molecule has 1 aliphatic rings. The number of nitrogens with one attached hydrogen (secondary N) is 1. The number of fused-ring (bicyclic) bond motifs is 1. The molecule has 0 bridgehead atoms. The highest BCUT2D eigenvalue weighted by molar-refractivity contribution is 7.89. The molecule has 26 heavy (non-hydrogen) atoms. The quantitative estimate of drug-likeness (QED) is 0.768. The lowest BCUT2D eigenvalue weighted by atomic mass is 10.0. The zero-order chi connectivity index (χ0) is 18.3. The summed E-state index contributed by atoms with van der Waals surface area (Å²) in [6.07, 6.45) is 6.41. The fourth-order valence-electron chi connectivity index (χ4n) is 3.36. The minimum absolute atomic E-state index is 0.369. The third-order valence-electron chi connectivity index (χ3n) is 5.09. The molecule has 0 saturated heterocycles. The van der Waals surface area contributed by atoms with Crippen LogP contribution in [0.2, 0.25) is 0 Å². The average Bonchev–Trinajstić information content (AvgIpc) is 3.08. The number of hydrogen-bond acceptors (Lipinski definition) is 3. The Morgan fingerprint density at radius 2 is 2.00 bits per heavy atom. The van der Waals surface area contributed by atoms with Gasteiger partial charge in [0.05, 0.1) is 4.90 Å². The number of hydrogen-bond donors (Lipinski definition) is 1. The monoisotopic (exact) mass is 367 g/mol. The van der Waals surface area contributed by atoms with E-state index in [1.54, 1.807) is 22.6 Å². The summed E-state index contributed by atoms with van der Waals surface area (Å²) in [6, 6.07) is 9.27. The van der Waals surface area contributed by atoms with Gasteiger partial charge in [-0.2, -0.15) is 4.31 Å². The smallest absolute Gasteiger partial charge is 0.243 e. The van der Waals surface area contributed by atoms with Gasteiger partial charge in [-0.1, -0.05) is 12.1 Å². The molecule has 3 aromatic rings. The van der Waals surface area contributed by atoms with Gasteiger partial charge in [0.2, 0.25) is 10.0 Å². The van der Waals surface area contributed by atoms with E-state index in [4.69, 9.17) is 0 Å². The first-order chi connectivity index (χ1) is 12.5. The van der Waals surface area contributed by atoms with E-state index in [1.165, 1.54) is 0 Å². The van der Waals surface area contributed by atoms with E-state index in [2.05, 4.69) is 9.97 Å². The van der Waals surface area contributed by atoms with E-state index in [1.807, 2.05) is 44.3 Å². The van der Waals surface area contributed by atoms with E-state index in [9.17, 15) is 8.42 Å². The Morgan fingerprint density at radius 3 is 2.73 bits per heavy atom. The van der Waals surface area contributed by atoms with Crippen molar-refractivity contribution in [2.75, 3.05) is 13.1 Å². The molecule has 0 saturated carbocycles. The second-order valence-electron chi connectivity index (χ2n) is 6.69. The number of sulfonamides is 1. The molecule has 0 atom stereocenters. The van der Waals surface area contributed by atoms with Gasteiger partial charge >= 0.3 is 0 Å². The molecule has 0 aliphatic carbocycles. The molecule has 0 unspecified atom stereocenters. The van der Waals surface area contributed by atoms with E-state index in [-0.39, 0.29) is 0 Å². The first-order valence-corrected chi connectivity index (χ1v) is 10.1. The third kappa shape index (κ3) is 2.85. The molecule has 0 spiro atoms. The van der Waals surface area contributed by atoms with Crippen molar-refractivity contribution >= 4 is 26.6 Å². The number of aromatic nitrogens is 2. The largest absolute Gasteiger partial charge is 0.346 e. The molecule has 1 N–H and O–H groups in total. The number of aryl methyl sites for hydroxylation is 2. The van der Waals surface area contributed by atoms with Crippen molar-refractivity contribution in [2.45, 2.75) is 25.2 Å². The lowest BCUT2D eigenvalue weighted by molar-refractivity contribution is 0.441. The van der Waals surface area contributed by atoms with E-state index >= 15 is 0 Å². The molecule has 4 rings (SSSR count). The normalized spacial score (nSPS) is 16.0. The lowest BCUT2D eigenvalue weighted by Crippen LogP contribution is -2.34. The van der Waals surface area contributed by atoms with Crippen LogP contribution < -0.4 is 0 Å². The van der Waals surface area contributed by atoms with Crippen molar-refractivity contribution in [3.05, 3.63) is 65.5 Å². The fraction of sp³-hybridized carbons (Fsp3) is 0.250. The summed E-state index contributed by atoms with van der Waals surface area (Å²) in [5.74, 6) is 0. The molecule has 0 radical (unpaired) electrons. The summed E-state index contributed by atoms with van der Waals surface area (Å²) in [5, 5.41) is 1.07. The number of H-pyrrole nitrogens is 1. The molecular weight excluding hydrogens is 346 g/mol. The average molecular weight is 367 g/mol. The Balaban J connectivity index is 1.61. The van der Waals surface area contributed by atoms with Crippen LogP contribution in [0.15, 0.2) is 53.7 Å². The number of nitrogens with zero attached hydrogens (tertiary/aromatic N) is 2. The van der Waals surface area contributed by atoms with Crippen LogP contribution in [0.4, 0.5) is 0 Å². The van der Waals surface area contributed by atoms with Crippen molar-refractivity contribution in [3.8, 4) is 0 Å². The molecule has 6 heteroatoms. The first kappa shape index (κ1) is 17.0. The highest BCUT2D eigenvalue weighted by atomic mass is 32.2. The topological polar surface area (TPSA) is 66.1 Å². The van der Waals surface area contributed by atoms with Crippen molar-refractivity contribution in [1.29, 1.82) is 0 Å². The molecule has 1 aromatic carbocycles. The number of aromatic amines is 1. The number of rotatable bonds is 3. The molecule has 5 nitrogen and oxygen atoms in total. The van der Waals surface area contributed by atoms with Crippen molar-refractivity contribution in [1.82, 2.24) is 14.3 Å². The second-order valence-corrected chi connectivity index (χ2v) is 8.63. The first-order valence-electron chi connectivity index (χ1n) is 8.66. The summed E-state index contributed by atoms with van der Waals surface area (Å²) in [6.45, 7) is 4.79. The lowest BCUT2D eigenvalue weighted by Gasteiger charge is -2.26. The Bertz CT molecular complexity index is 1110. The zero-order valence-electron chi connectivity index (χ0n) is 14.9. The van der Waals surface area contributed by atoms with Crippen LogP contribution in [0, 0.1) is 13.8 Å². The van der Waals surface area contributed by atoms with E-state index < -0.39 is 10.0 Å². The minimum Gasteiger partial charge on any atom is -0.346 e. The summed E-state index contributed by atoms with van der Waals surface area (Å²) in [7, 11) is -3.47. The zero-order valence-corrected chi connectivity index (χ0v) is 15.7. The number of benzene rings is 1. The third-order valence-corrected chi connectivity index (χ3v) is 6.95. The van der Waals surface area contributed by atoms with Crippen LogP contribution in [-0.4, -0.2) is 35.8 Å². The van der Waals surface area contributed by atoms with Crippen molar-refractivity contribution < 1.29 is 8.42 Å². The van der Waals surface area contributed by atoms with Gasteiger partial charge in [0, 0.05) is 36.4 Å². The van der Waals surface area contributed by atoms with E-state index in [0.29, 0.717) is 24.4 Å². The maximum atomic E-state index is 12.9. The van der Waals surface area contributed by atoms with Crippen LogP contribution in [-0.2, 0) is 10.0 Å². The second kappa shape index (κ2) is 6.37. The molecule has 1 aliphatic heterocycles. The molecule has 0 amide bonds. The summed E-state index contributed by atoms with van der Waals surface area (Å²) >= 11 is 0. The fourth-order valence-corrected chi connectivity index (χ4v) is 4.82.